The first-order chi connectivity index (χ1) is 13.0. The van der Waals surface area contributed by atoms with Gasteiger partial charge in [-0.3, -0.25) is 4.79 Å². The lowest BCUT2D eigenvalue weighted by Gasteiger charge is -2.20. The Kier molecular flexibility index (Phi) is 5.99. The standard InChI is InChI=1S/C22H21ClN2O2/c1-16(26)25(2)21-9-5-3-7-17(21)15-24-20-8-4-6-10-22(20)27-19-13-11-18(23)12-14-19/h3-14,24H,15H2,1-2H3. The second-order valence-corrected chi connectivity index (χ2v) is 6.55. The van der Waals surface area contributed by atoms with Gasteiger partial charge < -0.3 is 15.0 Å². The molecule has 0 heterocycles. The van der Waals surface area contributed by atoms with Crippen LogP contribution in [0.5, 0.6) is 11.5 Å². The van der Waals surface area contributed by atoms with E-state index in [9.17, 15) is 4.79 Å². The number of carbonyl (C=O) groups is 1. The van der Waals surface area contributed by atoms with Crippen molar-refractivity contribution in [3.05, 3.63) is 83.4 Å². The highest BCUT2D eigenvalue weighted by atomic mass is 35.5. The lowest BCUT2D eigenvalue weighted by Crippen LogP contribution is -2.24. The Balaban J connectivity index is 1.78. The average Bonchev–Trinajstić information content (AvgIpc) is 2.68. The minimum Gasteiger partial charge on any atom is -0.455 e. The van der Waals surface area contributed by atoms with Crippen LogP contribution < -0.4 is 15.0 Å². The summed E-state index contributed by atoms with van der Waals surface area (Å²) in [5.41, 5.74) is 2.78. The van der Waals surface area contributed by atoms with Crippen molar-refractivity contribution in [1.82, 2.24) is 0 Å². The number of hydrogen-bond donors (Lipinski definition) is 1. The van der Waals surface area contributed by atoms with E-state index in [-0.39, 0.29) is 5.91 Å². The Morgan fingerprint density at radius 1 is 1.00 bits per heavy atom. The van der Waals surface area contributed by atoms with Crippen LogP contribution in [0.3, 0.4) is 0 Å². The SMILES string of the molecule is CC(=O)N(C)c1ccccc1CNc1ccccc1Oc1ccc(Cl)cc1. The van der Waals surface area contributed by atoms with Gasteiger partial charge in [-0.1, -0.05) is 41.9 Å². The molecular formula is C22H21ClN2O2. The number of amides is 1. The Morgan fingerprint density at radius 3 is 2.41 bits per heavy atom. The molecule has 1 amide bonds. The van der Waals surface area contributed by atoms with Crippen molar-refractivity contribution in [2.24, 2.45) is 0 Å². The molecule has 5 heteroatoms. The maximum atomic E-state index is 11.7. The first-order valence-corrected chi connectivity index (χ1v) is 9.01. The Morgan fingerprint density at radius 2 is 1.67 bits per heavy atom. The highest BCUT2D eigenvalue weighted by Gasteiger charge is 2.11. The summed E-state index contributed by atoms with van der Waals surface area (Å²) in [5.74, 6) is 1.43. The molecule has 0 saturated carbocycles. The third kappa shape index (κ3) is 4.80. The number of para-hydroxylation sites is 3. The van der Waals surface area contributed by atoms with Gasteiger partial charge in [-0.05, 0) is 48.0 Å². The van der Waals surface area contributed by atoms with E-state index in [0.29, 0.717) is 17.3 Å². The second-order valence-electron chi connectivity index (χ2n) is 6.11. The fourth-order valence-electron chi connectivity index (χ4n) is 2.68. The number of halogens is 1. The summed E-state index contributed by atoms with van der Waals surface area (Å²) in [7, 11) is 1.78. The normalized spacial score (nSPS) is 10.3. The lowest BCUT2D eigenvalue weighted by atomic mass is 10.1. The Labute approximate surface area is 164 Å². The molecule has 0 saturated heterocycles. The number of rotatable bonds is 6. The maximum absolute atomic E-state index is 11.7. The first kappa shape index (κ1) is 18.8. The van der Waals surface area contributed by atoms with E-state index >= 15 is 0 Å². The van der Waals surface area contributed by atoms with E-state index in [2.05, 4.69) is 5.32 Å². The molecule has 0 radical (unpaired) electrons. The van der Waals surface area contributed by atoms with Gasteiger partial charge in [-0.2, -0.15) is 0 Å². The van der Waals surface area contributed by atoms with Gasteiger partial charge in [0.15, 0.2) is 5.75 Å². The number of benzene rings is 3. The third-order valence-electron chi connectivity index (χ3n) is 4.22. The molecule has 0 unspecified atom stereocenters. The van der Waals surface area contributed by atoms with Crippen LogP contribution in [0, 0.1) is 0 Å². The van der Waals surface area contributed by atoms with Crippen molar-refractivity contribution in [2.75, 3.05) is 17.3 Å². The molecule has 0 spiro atoms. The van der Waals surface area contributed by atoms with Crippen molar-refractivity contribution < 1.29 is 9.53 Å². The van der Waals surface area contributed by atoms with Crippen molar-refractivity contribution in [3.8, 4) is 11.5 Å². The third-order valence-corrected chi connectivity index (χ3v) is 4.48. The maximum Gasteiger partial charge on any atom is 0.223 e. The zero-order valence-corrected chi connectivity index (χ0v) is 16.0. The van der Waals surface area contributed by atoms with Gasteiger partial charge in [0, 0.05) is 31.2 Å². The molecule has 27 heavy (non-hydrogen) atoms. The Bertz CT molecular complexity index is 926. The fourth-order valence-corrected chi connectivity index (χ4v) is 2.80. The van der Waals surface area contributed by atoms with Crippen LogP contribution in [0.15, 0.2) is 72.8 Å². The van der Waals surface area contributed by atoms with Gasteiger partial charge in [0.25, 0.3) is 0 Å². The van der Waals surface area contributed by atoms with E-state index in [0.717, 1.165) is 22.7 Å². The van der Waals surface area contributed by atoms with Gasteiger partial charge in [0.2, 0.25) is 5.91 Å². The molecule has 0 aromatic heterocycles. The Hall–Kier alpha value is -2.98. The first-order valence-electron chi connectivity index (χ1n) is 8.63. The minimum absolute atomic E-state index is 0.00563. The summed E-state index contributed by atoms with van der Waals surface area (Å²) in [5, 5.41) is 4.07. The molecular weight excluding hydrogens is 360 g/mol. The van der Waals surface area contributed by atoms with Crippen LogP contribution in [0.1, 0.15) is 12.5 Å². The molecule has 3 aromatic carbocycles. The number of nitrogens with zero attached hydrogens (tertiary/aromatic N) is 1. The van der Waals surface area contributed by atoms with Crippen molar-refractivity contribution in [3.63, 3.8) is 0 Å². The number of nitrogens with one attached hydrogen (secondary N) is 1. The molecule has 0 aliphatic carbocycles. The van der Waals surface area contributed by atoms with Crippen LogP contribution >= 0.6 is 11.6 Å². The van der Waals surface area contributed by atoms with Crippen molar-refractivity contribution in [2.45, 2.75) is 13.5 Å². The van der Waals surface area contributed by atoms with Gasteiger partial charge in [0.1, 0.15) is 5.75 Å². The molecule has 3 aromatic rings. The predicted octanol–water partition coefficient (Wildman–Crippen LogP) is 5.73. The van der Waals surface area contributed by atoms with Crippen LogP contribution in [-0.4, -0.2) is 13.0 Å². The second kappa shape index (κ2) is 8.60. The average molecular weight is 381 g/mol. The summed E-state index contributed by atoms with van der Waals surface area (Å²) in [6.07, 6.45) is 0. The zero-order chi connectivity index (χ0) is 19.2. The van der Waals surface area contributed by atoms with Gasteiger partial charge in [-0.25, -0.2) is 0 Å². The van der Waals surface area contributed by atoms with E-state index in [1.54, 1.807) is 31.0 Å². The van der Waals surface area contributed by atoms with Crippen molar-refractivity contribution in [1.29, 1.82) is 0 Å². The summed E-state index contributed by atoms with van der Waals surface area (Å²) >= 11 is 5.93. The summed E-state index contributed by atoms with van der Waals surface area (Å²) in [4.78, 5) is 13.4. The largest absolute Gasteiger partial charge is 0.455 e. The van der Waals surface area contributed by atoms with E-state index in [1.165, 1.54) is 0 Å². The lowest BCUT2D eigenvalue weighted by molar-refractivity contribution is -0.116. The molecule has 0 atom stereocenters. The zero-order valence-electron chi connectivity index (χ0n) is 15.3. The van der Waals surface area contributed by atoms with E-state index in [1.807, 2.05) is 60.7 Å². The molecule has 0 aliphatic heterocycles. The molecule has 0 aliphatic rings. The molecule has 4 nitrogen and oxygen atoms in total. The predicted molar refractivity (Wildman–Crippen MR) is 111 cm³/mol. The minimum atomic E-state index is -0.00563. The smallest absolute Gasteiger partial charge is 0.223 e. The quantitative estimate of drug-likeness (QED) is 0.594. The highest BCUT2D eigenvalue weighted by molar-refractivity contribution is 6.30. The van der Waals surface area contributed by atoms with Crippen LogP contribution in [0.25, 0.3) is 0 Å². The van der Waals surface area contributed by atoms with Crippen molar-refractivity contribution >= 4 is 28.9 Å². The molecule has 0 bridgehead atoms. The monoisotopic (exact) mass is 380 g/mol. The topological polar surface area (TPSA) is 41.6 Å². The number of carbonyl (C=O) groups excluding carboxylic acids is 1. The molecule has 138 valence electrons. The number of hydrogen-bond acceptors (Lipinski definition) is 3. The van der Waals surface area contributed by atoms with Crippen LogP contribution in [-0.2, 0) is 11.3 Å². The molecule has 0 fully saturated rings. The molecule has 1 N–H and O–H groups in total. The summed E-state index contributed by atoms with van der Waals surface area (Å²) in [6.45, 7) is 2.12. The van der Waals surface area contributed by atoms with Gasteiger partial charge in [0.05, 0.1) is 5.69 Å². The van der Waals surface area contributed by atoms with Gasteiger partial charge >= 0.3 is 0 Å². The molecule has 3 rings (SSSR count). The van der Waals surface area contributed by atoms with E-state index in [4.69, 9.17) is 16.3 Å². The van der Waals surface area contributed by atoms with Gasteiger partial charge in [-0.15, -0.1) is 0 Å². The highest BCUT2D eigenvalue weighted by Crippen LogP contribution is 2.31. The fraction of sp³-hybridized carbons (Fsp3) is 0.136. The summed E-state index contributed by atoms with van der Waals surface area (Å²) in [6, 6.07) is 22.8. The van der Waals surface area contributed by atoms with E-state index < -0.39 is 0 Å². The number of ether oxygens (including phenoxy) is 1. The number of anilines is 2. The summed E-state index contributed by atoms with van der Waals surface area (Å²) < 4.78 is 5.98. The van der Waals surface area contributed by atoms with Crippen LogP contribution in [0.2, 0.25) is 5.02 Å². The van der Waals surface area contributed by atoms with Crippen LogP contribution in [0.4, 0.5) is 11.4 Å².